The zero-order valence-electron chi connectivity index (χ0n) is 14.1. The lowest BCUT2D eigenvalue weighted by Gasteiger charge is -2.24. The molecule has 0 saturated carbocycles. The Bertz CT molecular complexity index is 588. The fourth-order valence-electron chi connectivity index (χ4n) is 2.01. The molecule has 0 unspecified atom stereocenters. The number of para-hydroxylation sites is 1. The van der Waals surface area contributed by atoms with Gasteiger partial charge in [0.15, 0.2) is 0 Å². The lowest BCUT2D eigenvalue weighted by Crippen LogP contribution is -2.46. The number of rotatable bonds is 6. The predicted molar refractivity (Wildman–Crippen MR) is 85.4 cm³/mol. The van der Waals surface area contributed by atoms with Crippen LogP contribution in [0.1, 0.15) is 26.3 Å². The summed E-state index contributed by atoms with van der Waals surface area (Å²) < 4.78 is 38.8. The topological polar surface area (TPSA) is 61.4 Å². The minimum absolute atomic E-state index is 0.0336. The van der Waals surface area contributed by atoms with Crippen molar-refractivity contribution in [2.45, 2.75) is 39.0 Å². The highest BCUT2D eigenvalue weighted by Gasteiger charge is 2.34. The zero-order valence-corrected chi connectivity index (χ0v) is 14.1. The van der Waals surface area contributed by atoms with Crippen LogP contribution in [0.25, 0.3) is 0 Å². The molecule has 0 aromatic heterocycles. The number of hydrogen-bond donors (Lipinski definition) is 2. The molecule has 0 fully saturated rings. The fourth-order valence-corrected chi connectivity index (χ4v) is 2.01. The first kappa shape index (κ1) is 20.0. The van der Waals surface area contributed by atoms with Gasteiger partial charge in [-0.25, -0.2) is 0 Å². The van der Waals surface area contributed by atoms with Crippen LogP contribution in [0.2, 0.25) is 0 Å². The molecule has 0 aliphatic heterocycles. The Hall–Kier alpha value is -2.09. The second kappa shape index (κ2) is 8.14. The van der Waals surface area contributed by atoms with E-state index in [4.69, 9.17) is 0 Å². The Balaban J connectivity index is 2.76. The number of halogens is 3. The number of nitrogens with zero attached hydrogens (tertiary/aromatic N) is 1. The first-order chi connectivity index (χ1) is 11.0. The summed E-state index contributed by atoms with van der Waals surface area (Å²) in [6, 6.07) is 3.95. The van der Waals surface area contributed by atoms with Gasteiger partial charge in [0.25, 0.3) is 0 Å². The van der Waals surface area contributed by atoms with Crippen molar-refractivity contribution < 1.29 is 22.8 Å². The maximum atomic E-state index is 12.9. The van der Waals surface area contributed by atoms with Crippen LogP contribution >= 0.6 is 0 Å². The van der Waals surface area contributed by atoms with Gasteiger partial charge in [-0.3, -0.25) is 14.5 Å². The summed E-state index contributed by atoms with van der Waals surface area (Å²) >= 11 is 0. The number of carbonyl (C=O) groups excluding carboxylic acids is 2. The van der Waals surface area contributed by atoms with Gasteiger partial charge in [-0.05, 0) is 40.0 Å². The lowest BCUT2D eigenvalue weighted by atomic mass is 10.1. The minimum atomic E-state index is -4.56. The van der Waals surface area contributed by atoms with Crippen LogP contribution in [0.5, 0.6) is 0 Å². The van der Waals surface area contributed by atoms with Gasteiger partial charge in [0.2, 0.25) is 11.8 Å². The highest BCUT2D eigenvalue weighted by Crippen LogP contribution is 2.34. The number of alkyl halides is 3. The highest BCUT2D eigenvalue weighted by atomic mass is 19.4. The first-order valence-electron chi connectivity index (χ1n) is 7.49. The third kappa shape index (κ3) is 5.84. The second-order valence-corrected chi connectivity index (χ2v) is 5.85. The molecule has 0 saturated heterocycles. The monoisotopic (exact) mass is 345 g/mol. The fraction of sp³-hybridized carbons (Fsp3) is 0.500. The molecule has 8 heteroatoms. The van der Waals surface area contributed by atoms with Crippen molar-refractivity contribution in [1.29, 1.82) is 0 Å². The molecule has 1 aromatic rings. The van der Waals surface area contributed by atoms with E-state index in [1.165, 1.54) is 30.0 Å². The third-order valence-corrected chi connectivity index (χ3v) is 3.37. The molecule has 2 amide bonds. The van der Waals surface area contributed by atoms with Gasteiger partial charge in [-0.2, -0.15) is 13.2 Å². The van der Waals surface area contributed by atoms with Crippen LogP contribution in [0.3, 0.4) is 0 Å². The maximum Gasteiger partial charge on any atom is 0.418 e. The number of anilines is 1. The standard InChI is InChI=1S/C16H22F3N3O2/c1-10(2)20-14(23)9-22(4)11(3)15(24)21-13-8-6-5-7-12(13)16(17,18)19/h5-8,10-11H,9H2,1-4H3,(H,20,23)(H,21,24)/t11-/m0/s1. The molecule has 2 N–H and O–H groups in total. The van der Waals surface area contributed by atoms with Gasteiger partial charge >= 0.3 is 6.18 Å². The summed E-state index contributed by atoms with van der Waals surface area (Å²) in [7, 11) is 1.56. The zero-order chi connectivity index (χ0) is 18.5. The van der Waals surface area contributed by atoms with E-state index < -0.39 is 23.7 Å². The van der Waals surface area contributed by atoms with Crippen molar-refractivity contribution in [3.63, 3.8) is 0 Å². The summed E-state index contributed by atoms with van der Waals surface area (Å²) in [5, 5.41) is 4.96. The number of nitrogens with one attached hydrogen (secondary N) is 2. The molecular weight excluding hydrogens is 323 g/mol. The van der Waals surface area contributed by atoms with Gasteiger partial charge in [-0.15, -0.1) is 0 Å². The summed E-state index contributed by atoms with van der Waals surface area (Å²) in [6.45, 7) is 5.10. The Morgan fingerprint density at radius 2 is 1.75 bits per heavy atom. The van der Waals surface area contributed by atoms with E-state index >= 15 is 0 Å². The Morgan fingerprint density at radius 1 is 1.17 bits per heavy atom. The van der Waals surface area contributed by atoms with E-state index in [0.717, 1.165) is 6.07 Å². The average molecular weight is 345 g/mol. The first-order valence-corrected chi connectivity index (χ1v) is 7.49. The largest absolute Gasteiger partial charge is 0.418 e. The molecule has 0 aliphatic rings. The Morgan fingerprint density at radius 3 is 2.29 bits per heavy atom. The number of likely N-dealkylation sites (N-methyl/N-ethyl adjacent to an activating group) is 1. The van der Waals surface area contributed by atoms with E-state index in [-0.39, 0.29) is 24.2 Å². The maximum absolute atomic E-state index is 12.9. The van der Waals surface area contributed by atoms with Gasteiger partial charge in [0, 0.05) is 6.04 Å². The lowest BCUT2D eigenvalue weighted by molar-refractivity contribution is -0.137. The Kier molecular flexibility index (Phi) is 6.77. The van der Waals surface area contributed by atoms with E-state index in [1.807, 2.05) is 13.8 Å². The van der Waals surface area contributed by atoms with Crippen LogP contribution < -0.4 is 10.6 Å². The molecule has 0 heterocycles. The van der Waals surface area contributed by atoms with Crippen molar-refractivity contribution in [3.05, 3.63) is 29.8 Å². The van der Waals surface area contributed by atoms with Crippen LogP contribution in [0.4, 0.5) is 18.9 Å². The number of benzene rings is 1. The van der Waals surface area contributed by atoms with Crippen molar-refractivity contribution in [2.75, 3.05) is 18.9 Å². The molecule has 0 spiro atoms. The van der Waals surface area contributed by atoms with Crippen molar-refractivity contribution in [2.24, 2.45) is 0 Å². The van der Waals surface area contributed by atoms with E-state index in [2.05, 4.69) is 10.6 Å². The average Bonchev–Trinajstić information content (AvgIpc) is 2.44. The molecule has 0 radical (unpaired) electrons. The number of hydrogen-bond acceptors (Lipinski definition) is 3. The summed E-state index contributed by atoms with van der Waals surface area (Å²) in [6.07, 6.45) is -4.56. The molecule has 1 aromatic carbocycles. The molecule has 134 valence electrons. The Labute approximate surface area is 139 Å². The quantitative estimate of drug-likeness (QED) is 0.833. The van der Waals surface area contributed by atoms with Gasteiger partial charge < -0.3 is 10.6 Å². The smallest absolute Gasteiger partial charge is 0.353 e. The molecule has 24 heavy (non-hydrogen) atoms. The van der Waals surface area contributed by atoms with Crippen molar-refractivity contribution >= 4 is 17.5 Å². The van der Waals surface area contributed by atoms with E-state index in [0.29, 0.717) is 0 Å². The van der Waals surface area contributed by atoms with Crippen LogP contribution in [-0.4, -0.2) is 42.4 Å². The van der Waals surface area contributed by atoms with Crippen LogP contribution in [0.15, 0.2) is 24.3 Å². The molecule has 5 nitrogen and oxygen atoms in total. The molecule has 0 aliphatic carbocycles. The highest BCUT2D eigenvalue weighted by molar-refractivity contribution is 5.95. The van der Waals surface area contributed by atoms with Crippen LogP contribution in [0, 0.1) is 0 Å². The summed E-state index contributed by atoms with van der Waals surface area (Å²) in [5.41, 5.74) is -1.22. The van der Waals surface area contributed by atoms with Gasteiger partial charge in [-0.1, -0.05) is 12.1 Å². The van der Waals surface area contributed by atoms with Crippen LogP contribution in [-0.2, 0) is 15.8 Å². The SMILES string of the molecule is CC(C)NC(=O)CN(C)[C@@H](C)C(=O)Nc1ccccc1C(F)(F)F. The van der Waals surface area contributed by atoms with Crippen molar-refractivity contribution in [3.8, 4) is 0 Å². The van der Waals surface area contributed by atoms with Gasteiger partial charge in [0.05, 0.1) is 23.8 Å². The normalized spacial score (nSPS) is 13.0. The molecule has 0 bridgehead atoms. The van der Waals surface area contributed by atoms with Crippen molar-refractivity contribution in [1.82, 2.24) is 10.2 Å². The van der Waals surface area contributed by atoms with E-state index in [1.54, 1.807) is 7.05 Å². The third-order valence-electron chi connectivity index (χ3n) is 3.37. The number of carbonyl (C=O) groups is 2. The predicted octanol–water partition coefficient (Wildman–Crippen LogP) is 2.49. The number of amides is 2. The van der Waals surface area contributed by atoms with Gasteiger partial charge in [0.1, 0.15) is 0 Å². The molecule has 1 atom stereocenters. The summed E-state index contributed by atoms with van der Waals surface area (Å²) in [4.78, 5) is 25.3. The minimum Gasteiger partial charge on any atom is -0.353 e. The van der Waals surface area contributed by atoms with E-state index in [9.17, 15) is 22.8 Å². The summed E-state index contributed by atoms with van der Waals surface area (Å²) in [5.74, 6) is -0.880. The molecule has 1 rings (SSSR count). The second-order valence-electron chi connectivity index (χ2n) is 5.85. The molecular formula is C16H22F3N3O2.